The molecule has 3 heterocycles. The second kappa shape index (κ2) is 5.56. The molecule has 0 spiro atoms. The molecule has 0 unspecified atom stereocenters. The van der Waals surface area contributed by atoms with Crippen molar-refractivity contribution in [3.63, 3.8) is 0 Å². The molecule has 1 atom stereocenters. The van der Waals surface area contributed by atoms with Crippen LogP contribution in [0.5, 0.6) is 0 Å². The highest BCUT2D eigenvalue weighted by atomic mass is 79.9. The summed E-state index contributed by atoms with van der Waals surface area (Å²) in [6.07, 6.45) is 3.07. The lowest BCUT2D eigenvalue weighted by Gasteiger charge is -2.18. The van der Waals surface area contributed by atoms with Crippen molar-refractivity contribution in [2.75, 3.05) is 18.0 Å². The van der Waals surface area contributed by atoms with E-state index in [1.807, 2.05) is 11.0 Å². The Labute approximate surface area is 139 Å². The molecule has 1 aromatic carbocycles. The van der Waals surface area contributed by atoms with Crippen LogP contribution in [0, 0.1) is 5.82 Å². The van der Waals surface area contributed by atoms with Gasteiger partial charge in [-0.2, -0.15) is 0 Å². The zero-order chi connectivity index (χ0) is 16.0. The molecule has 7 heteroatoms. The maximum Gasteiger partial charge on any atom is 0.181 e. The summed E-state index contributed by atoms with van der Waals surface area (Å²) in [4.78, 5) is 6.13. The molecule has 0 saturated carbocycles. The molecule has 0 aliphatic carbocycles. The lowest BCUT2D eigenvalue weighted by atomic mass is 10.2. The molecular formula is C16H13BrF2N4. The summed E-state index contributed by atoms with van der Waals surface area (Å²) in [6, 6.07) is 6.65. The summed E-state index contributed by atoms with van der Waals surface area (Å²) in [5, 5.41) is 5.13. The number of nitrogens with zero attached hydrogens (tertiary/aromatic N) is 4. The molecule has 3 aromatic rings. The molecule has 1 fully saturated rings. The Hall–Kier alpha value is -2.02. The predicted octanol–water partition coefficient (Wildman–Crippen LogP) is 3.87. The minimum absolute atomic E-state index is 0.332. The van der Waals surface area contributed by atoms with Crippen molar-refractivity contribution in [3.05, 3.63) is 46.9 Å². The van der Waals surface area contributed by atoms with E-state index in [0.717, 1.165) is 15.5 Å². The van der Waals surface area contributed by atoms with Gasteiger partial charge in [0.15, 0.2) is 5.65 Å². The molecule has 0 N–H and O–H groups in total. The molecule has 0 bridgehead atoms. The monoisotopic (exact) mass is 378 g/mol. The van der Waals surface area contributed by atoms with E-state index in [1.165, 1.54) is 10.7 Å². The maximum atomic E-state index is 14.2. The number of pyridine rings is 1. The van der Waals surface area contributed by atoms with Crippen LogP contribution in [0.2, 0.25) is 0 Å². The van der Waals surface area contributed by atoms with E-state index in [-0.39, 0.29) is 5.82 Å². The lowest BCUT2D eigenvalue weighted by molar-refractivity contribution is 0.364. The normalized spacial score (nSPS) is 18.0. The fraction of sp³-hybridized carbons (Fsp3) is 0.250. The van der Waals surface area contributed by atoms with Crippen LogP contribution in [0.1, 0.15) is 6.42 Å². The molecule has 1 saturated heterocycles. The predicted molar refractivity (Wildman–Crippen MR) is 88.2 cm³/mol. The fourth-order valence-corrected chi connectivity index (χ4v) is 3.19. The van der Waals surface area contributed by atoms with E-state index in [9.17, 15) is 8.78 Å². The smallest absolute Gasteiger partial charge is 0.181 e. The van der Waals surface area contributed by atoms with Gasteiger partial charge in [-0.3, -0.25) is 0 Å². The first-order chi connectivity index (χ1) is 11.1. The number of rotatable bonds is 2. The van der Waals surface area contributed by atoms with E-state index in [1.54, 1.807) is 24.5 Å². The summed E-state index contributed by atoms with van der Waals surface area (Å²) >= 11 is 3.36. The van der Waals surface area contributed by atoms with Crippen LogP contribution in [-0.4, -0.2) is 34.0 Å². The number of anilines is 1. The molecule has 4 nitrogen and oxygen atoms in total. The van der Waals surface area contributed by atoms with Crippen molar-refractivity contribution in [2.24, 2.45) is 0 Å². The summed E-state index contributed by atoms with van der Waals surface area (Å²) in [5.74, 6) is -0.378. The van der Waals surface area contributed by atoms with Crippen molar-refractivity contribution in [2.45, 2.75) is 12.6 Å². The molecule has 23 heavy (non-hydrogen) atoms. The van der Waals surface area contributed by atoms with E-state index >= 15 is 0 Å². The van der Waals surface area contributed by atoms with Crippen LogP contribution in [0.25, 0.3) is 16.7 Å². The first-order valence-electron chi connectivity index (χ1n) is 7.30. The molecule has 1 aliphatic heterocycles. The second-order valence-electron chi connectivity index (χ2n) is 5.61. The van der Waals surface area contributed by atoms with E-state index in [4.69, 9.17) is 0 Å². The standard InChI is InChI=1S/C16H13BrF2N4/c17-11-5-10-8-23(21-16(10)20-7-11)15-6-13(1-2-14(15)19)22-4-3-12(18)9-22/h1-2,5-8,12H,3-4,9H2/t12-/m1/s1. The summed E-state index contributed by atoms with van der Waals surface area (Å²) < 4.78 is 30.0. The van der Waals surface area contributed by atoms with Gasteiger partial charge in [-0.25, -0.2) is 18.4 Å². The maximum absolute atomic E-state index is 14.2. The lowest BCUT2D eigenvalue weighted by Crippen LogP contribution is -2.20. The van der Waals surface area contributed by atoms with E-state index < -0.39 is 6.17 Å². The van der Waals surface area contributed by atoms with Crippen molar-refractivity contribution < 1.29 is 8.78 Å². The molecular weight excluding hydrogens is 366 g/mol. The highest BCUT2D eigenvalue weighted by Gasteiger charge is 2.23. The summed E-state index contributed by atoms with van der Waals surface area (Å²) in [7, 11) is 0. The van der Waals surface area contributed by atoms with Gasteiger partial charge in [0.2, 0.25) is 0 Å². The van der Waals surface area contributed by atoms with Crippen molar-refractivity contribution in [1.29, 1.82) is 0 Å². The van der Waals surface area contributed by atoms with Crippen molar-refractivity contribution in [1.82, 2.24) is 14.8 Å². The number of fused-ring (bicyclic) bond motifs is 1. The van der Waals surface area contributed by atoms with Crippen molar-refractivity contribution in [3.8, 4) is 5.69 Å². The average molecular weight is 379 g/mol. The van der Waals surface area contributed by atoms with Crippen LogP contribution < -0.4 is 4.90 Å². The number of hydrogen-bond donors (Lipinski definition) is 0. The van der Waals surface area contributed by atoms with Crippen LogP contribution in [0.4, 0.5) is 14.5 Å². The van der Waals surface area contributed by atoms with Crippen LogP contribution in [0.3, 0.4) is 0 Å². The van der Waals surface area contributed by atoms with Gasteiger partial charge in [-0.15, -0.1) is 5.10 Å². The summed E-state index contributed by atoms with van der Waals surface area (Å²) in [5.41, 5.74) is 1.68. The Bertz CT molecular complexity index is 880. The number of hydrogen-bond acceptors (Lipinski definition) is 3. The fourth-order valence-electron chi connectivity index (χ4n) is 2.84. The zero-order valence-electron chi connectivity index (χ0n) is 12.1. The summed E-state index contributed by atoms with van der Waals surface area (Å²) in [6.45, 7) is 0.989. The Kier molecular flexibility index (Phi) is 3.52. The van der Waals surface area contributed by atoms with Gasteiger partial charge in [0, 0.05) is 41.0 Å². The van der Waals surface area contributed by atoms with Crippen LogP contribution in [-0.2, 0) is 0 Å². The highest BCUT2D eigenvalue weighted by Crippen LogP contribution is 2.27. The van der Waals surface area contributed by atoms with Crippen molar-refractivity contribution >= 4 is 32.7 Å². The highest BCUT2D eigenvalue weighted by molar-refractivity contribution is 9.10. The largest absolute Gasteiger partial charge is 0.368 e. The Morgan fingerprint density at radius 3 is 2.91 bits per heavy atom. The molecule has 0 radical (unpaired) electrons. The van der Waals surface area contributed by atoms with Gasteiger partial charge in [-0.05, 0) is 46.6 Å². The van der Waals surface area contributed by atoms with Gasteiger partial charge >= 0.3 is 0 Å². The van der Waals surface area contributed by atoms with E-state index in [0.29, 0.717) is 30.8 Å². The molecule has 4 rings (SSSR count). The number of benzene rings is 1. The quantitative estimate of drug-likeness (QED) is 0.678. The first-order valence-corrected chi connectivity index (χ1v) is 8.09. The van der Waals surface area contributed by atoms with Gasteiger partial charge in [-0.1, -0.05) is 0 Å². The average Bonchev–Trinajstić information content (AvgIpc) is 3.13. The van der Waals surface area contributed by atoms with Gasteiger partial charge < -0.3 is 4.90 Å². The minimum Gasteiger partial charge on any atom is -0.368 e. The minimum atomic E-state index is -0.822. The second-order valence-corrected chi connectivity index (χ2v) is 6.52. The third-order valence-corrected chi connectivity index (χ3v) is 4.43. The zero-order valence-corrected chi connectivity index (χ0v) is 13.7. The van der Waals surface area contributed by atoms with Gasteiger partial charge in [0.05, 0.1) is 0 Å². The Balaban J connectivity index is 1.77. The first kappa shape index (κ1) is 14.6. The Morgan fingerprint density at radius 1 is 1.26 bits per heavy atom. The van der Waals surface area contributed by atoms with E-state index in [2.05, 4.69) is 26.0 Å². The number of alkyl halides is 1. The SMILES string of the molecule is Fc1ccc(N2CC[C@@H](F)C2)cc1-n1cc2cc(Br)cnc2n1. The topological polar surface area (TPSA) is 34.0 Å². The molecule has 1 aliphatic rings. The third kappa shape index (κ3) is 2.69. The molecule has 118 valence electrons. The van der Waals surface area contributed by atoms with Crippen LogP contribution in [0.15, 0.2) is 41.1 Å². The number of aromatic nitrogens is 3. The van der Waals surface area contributed by atoms with Crippen LogP contribution >= 0.6 is 15.9 Å². The Morgan fingerprint density at radius 2 is 2.13 bits per heavy atom. The van der Waals surface area contributed by atoms with Gasteiger partial charge in [0.1, 0.15) is 17.7 Å². The molecule has 0 amide bonds. The number of halogens is 3. The molecule has 2 aromatic heterocycles. The van der Waals surface area contributed by atoms with Gasteiger partial charge in [0.25, 0.3) is 0 Å². The third-order valence-electron chi connectivity index (χ3n) is 4.00.